The van der Waals surface area contributed by atoms with Crippen molar-refractivity contribution in [2.75, 3.05) is 46.8 Å². The van der Waals surface area contributed by atoms with Gasteiger partial charge in [0.2, 0.25) is 11.8 Å². The Bertz CT molecular complexity index is 554. The molecule has 8 heteroatoms. The molecule has 3 rings (SSSR count). The molecule has 3 atom stereocenters. The minimum absolute atomic E-state index is 0. The Hall–Kier alpha value is -1.06. The summed E-state index contributed by atoms with van der Waals surface area (Å²) in [7, 11) is 3.48. The molecule has 2 saturated carbocycles. The number of rotatable bonds is 4. The Kier molecular flexibility index (Phi) is 7.54. The summed E-state index contributed by atoms with van der Waals surface area (Å²) >= 11 is 0. The van der Waals surface area contributed by atoms with Gasteiger partial charge in [-0.1, -0.05) is 6.42 Å². The molecule has 1 saturated heterocycles. The van der Waals surface area contributed by atoms with E-state index in [1.54, 1.807) is 19.0 Å². The minimum atomic E-state index is -0.0224. The normalized spacial score (nSPS) is 28.2. The number of fused-ring (bicyclic) bond motifs is 2. The third kappa shape index (κ3) is 4.80. The Balaban J connectivity index is 0.00000243. The van der Waals surface area contributed by atoms with Gasteiger partial charge in [-0.15, -0.1) is 24.0 Å². The van der Waals surface area contributed by atoms with E-state index in [-0.39, 0.29) is 42.3 Å². The molecular formula is C18H32IN5O2. The van der Waals surface area contributed by atoms with Crippen LogP contribution in [0, 0.1) is 11.8 Å². The van der Waals surface area contributed by atoms with E-state index in [1.807, 2.05) is 16.7 Å². The van der Waals surface area contributed by atoms with E-state index in [1.165, 1.54) is 25.7 Å². The summed E-state index contributed by atoms with van der Waals surface area (Å²) < 4.78 is 0. The van der Waals surface area contributed by atoms with Crippen molar-refractivity contribution < 1.29 is 9.59 Å². The van der Waals surface area contributed by atoms with E-state index in [0.29, 0.717) is 25.0 Å². The predicted molar refractivity (Wildman–Crippen MR) is 113 cm³/mol. The number of likely N-dealkylation sites (N-methyl/N-ethyl adjacent to an activating group) is 2. The van der Waals surface area contributed by atoms with Crippen molar-refractivity contribution in [1.82, 2.24) is 20.0 Å². The van der Waals surface area contributed by atoms with Crippen LogP contribution >= 0.6 is 24.0 Å². The monoisotopic (exact) mass is 477 g/mol. The first-order valence-electron chi connectivity index (χ1n) is 9.51. The maximum absolute atomic E-state index is 12.3. The molecule has 3 fully saturated rings. The fourth-order valence-electron chi connectivity index (χ4n) is 4.33. The molecule has 3 unspecified atom stereocenters. The van der Waals surface area contributed by atoms with Gasteiger partial charge < -0.3 is 20.0 Å². The number of hydrogen-bond donors (Lipinski definition) is 1. The Labute approximate surface area is 173 Å². The molecule has 7 nitrogen and oxygen atoms in total. The first-order valence-corrected chi connectivity index (χ1v) is 9.51. The van der Waals surface area contributed by atoms with Crippen molar-refractivity contribution in [1.29, 1.82) is 0 Å². The third-order valence-electron chi connectivity index (χ3n) is 5.92. The second kappa shape index (κ2) is 9.23. The molecule has 2 amide bonds. The highest BCUT2D eigenvalue weighted by molar-refractivity contribution is 14.0. The highest BCUT2D eigenvalue weighted by Crippen LogP contribution is 2.44. The number of carbonyl (C=O) groups is 2. The van der Waals surface area contributed by atoms with E-state index < -0.39 is 0 Å². The van der Waals surface area contributed by atoms with Gasteiger partial charge in [0.15, 0.2) is 5.96 Å². The molecule has 0 spiro atoms. The van der Waals surface area contributed by atoms with Crippen LogP contribution in [0.3, 0.4) is 0 Å². The summed E-state index contributed by atoms with van der Waals surface area (Å²) in [5, 5.41) is 3.60. The van der Waals surface area contributed by atoms with Gasteiger partial charge in [-0.3, -0.25) is 9.59 Å². The van der Waals surface area contributed by atoms with E-state index in [2.05, 4.69) is 10.3 Å². The first kappa shape index (κ1) is 21.2. The number of nitrogens with zero attached hydrogens (tertiary/aromatic N) is 4. The van der Waals surface area contributed by atoms with Crippen molar-refractivity contribution in [2.45, 2.75) is 38.6 Å². The quantitative estimate of drug-likeness (QED) is 0.373. The number of nitrogens with one attached hydrogen (secondary N) is 1. The lowest BCUT2D eigenvalue weighted by Gasteiger charge is -2.37. The predicted octanol–water partition coefficient (Wildman–Crippen LogP) is 0.991. The summed E-state index contributed by atoms with van der Waals surface area (Å²) in [4.78, 5) is 34.2. The van der Waals surface area contributed by atoms with Crippen LogP contribution in [0.5, 0.6) is 0 Å². The lowest BCUT2D eigenvalue weighted by atomic mass is 9.95. The number of halogens is 1. The zero-order chi connectivity index (χ0) is 18.0. The number of guanidine groups is 1. The molecule has 0 aromatic rings. The smallest absolute Gasteiger partial charge is 0.243 e. The van der Waals surface area contributed by atoms with Crippen molar-refractivity contribution >= 4 is 41.8 Å². The summed E-state index contributed by atoms with van der Waals surface area (Å²) in [6, 6.07) is 0.436. The van der Waals surface area contributed by atoms with E-state index in [4.69, 9.17) is 0 Å². The molecule has 1 aliphatic heterocycles. The van der Waals surface area contributed by atoms with Crippen LogP contribution in [0.4, 0.5) is 0 Å². The fourth-order valence-corrected chi connectivity index (χ4v) is 4.33. The zero-order valence-corrected chi connectivity index (χ0v) is 18.4. The topological polar surface area (TPSA) is 68.2 Å². The maximum Gasteiger partial charge on any atom is 0.243 e. The maximum atomic E-state index is 12.3. The lowest BCUT2D eigenvalue weighted by Crippen LogP contribution is -2.57. The molecule has 2 bridgehead atoms. The molecule has 0 radical (unpaired) electrons. The standard InChI is InChI=1S/C18H31N5O2.HI/c1-4-22-7-8-23(12-17(22)25)18(19-11-16(24)21(2)3)20-15-10-13-5-6-14(15)9-13;/h13-15H,4-12H2,1-3H3,(H,19,20);1H. The van der Waals surface area contributed by atoms with Crippen molar-refractivity contribution in [3.8, 4) is 0 Å². The summed E-state index contributed by atoms with van der Waals surface area (Å²) in [6.07, 6.45) is 5.13. The molecule has 1 heterocycles. The Morgan fingerprint density at radius 2 is 2.04 bits per heavy atom. The van der Waals surface area contributed by atoms with Gasteiger partial charge in [0.1, 0.15) is 6.54 Å². The highest BCUT2D eigenvalue weighted by Gasteiger charge is 2.40. The number of carbonyl (C=O) groups excluding carboxylic acids is 2. The highest BCUT2D eigenvalue weighted by atomic mass is 127. The summed E-state index contributed by atoms with van der Waals surface area (Å²) in [5.74, 6) is 2.40. The van der Waals surface area contributed by atoms with Crippen LogP contribution in [-0.4, -0.2) is 85.3 Å². The molecule has 26 heavy (non-hydrogen) atoms. The van der Waals surface area contributed by atoms with Gasteiger partial charge in [0.05, 0.1) is 6.54 Å². The molecule has 1 N–H and O–H groups in total. The van der Waals surface area contributed by atoms with Crippen LogP contribution in [0.1, 0.15) is 32.6 Å². The van der Waals surface area contributed by atoms with E-state index >= 15 is 0 Å². The van der Waals surface area contributed by atoms with Crippen LogP contribution in [0.25, 0.3) is 0 Å². The van der Waals surface area contributed by atoms with Crippen LogP contribution < -0.4 is 5.32 Å². The van der Waals surface area contributed by atoms with Gasteiger partial charge in [-0.05, 0) is 38.0 Å². The second-order valence-electron chi connectivity index (χ2n) is 7.75. The molecule has 3 aliphatic rings. The molecule has 2 aliphatic carbocycles. The van der Waals surface area contributed by atoms with Gasteiger partial charge in [0, 0.05) is 39.8 Å². The minimum Gasteiger partial charge on any atom is -0.353 e. The average molecular weight is 477 g/mol. The lowest BCUT2D eigenvalue weighted by molar-refractivity contribution is -0.134. The van der Waals surface area contributed by atoms with Crippen LogP contribution in [0.15, 0.2) is 4.99 Å². The van der Waals surface area contributed by atoms with Gasteiger partial charge in [-0.25, -0.2) is 4.99 Å². The van der Waals surface area contributed by atoms with Gasteiger partial charge >= 0.3 is 0 Å². The largest absolute Gasteiger partial charge is 0.353 e. The molecular weight excluding hydrogens is 445 g/mol. The molecule has 148 valence electrons. The van der Waals surface area contributed by atoms with Crippen molar-refractivity contribution in [3.05, 3.63) is 0 Å². The number of aliphatic imine (C=N–C) groups is 1. The Morgan fingerprint density at radius 3 is 2.58 bits per heavy atom. The van der Waals surface area contributed by atoms with Crippen LogP contribution in [-0.2, 0) is 9.59 Å². The second-order valence-corrected chi connectivity index (χ2v) is 7.75. The average Bonchev–Trinajstić information content (AvgIpc) is 3.21. The summed E-state index contributed by atoms with van der Waals surface area (Å²) in [5.41, 5.74) is 0. The van der Waals surface area contributed by atoms with E-state index in [0.717, 1.165) is 25.0 Å². The van der Waals surface area contributed by atoms with Gasteiger partial charge in [-0.2, -0.15) is 0 Å². The zero-order valence-electron chi connectivity index (χ0n) is 16.1. The number of piperazine rings is 1. The van der Waals surface area contributed by atoms with Gasteiger partial charge in [0.25, 0.3) is 0 Å². The van der Waals surface area contributed by atoms with Crippen molar-refractivity contribution in [2.24, 2.45) is 16.8 Å². The van der Waals surface area contributed by atoms with Crippen LogP contribution in [0.2, 0.25) is 0 Å². The van der Waals surface area contributed by atoms with Crippen molar-refractivity contribution in [3.63, 3.8) is 0 Å². The third-order valence-corrected chi connectivity index (χ3v) is 5.92. The summed E-state index contributed by atoms with van der Waals surface area (Å²) in [6.45, 7) is 4.70. The fraction of sp³-hybridized carbons (Fsp3) is 0.833. The molecule has 0 aromatic carbocycles. The number of amides is 2. The van der Waals surface area contributed by atoms with E-state index in [9.17, 15) is 9.59 Å². The first-order chi connectivity index (χ1) is 12.0. The number of hydrogen-bond acceptors (Lipinski definition) is 3. The molecule has 0 aromatic heterocycles. The Morgan fingerprint density at radius 1 is 1.27 bits per heavy atom. The SMILES string of the molecule is CCN1CCN(C(=NCC(=O)N(C)C)NC2CC3CCC2C3)CC1=O.I.